The normalized spacial score (nSPS) is 16.5. The van der Waals surface area contributed by atoms with Crippen LogP contribution in [0.4, 0.5) is 9.88 Å². The molecule has 0 N–H and O–H groups in total. The van der Waals surface area contributed by atoms with Crippen molar-refractivity contribution in [3.8, 4) is 5.75 Å². The van der Waals surface area contributed by atoms with Crippen molar-refractivity contribution >= 4 is 30.6 Å². The van der Waals surface area contributed by atoms with Gasteiger partial charge in [0.1, 0.15) is 5.75 Å². The molecule has 1 aromatic heterocycles. The molecule has 1 atom stereocenters. The summed E-state index contributed by atoms with van der Waals surface area (Å²) in [6, 6.07) is 9.68. The molecule has 1 aliphatic heterocycles. The number of hydrogen-bond donors (Lipinski definition) is 0. The number of piperazine rings is 1. The highest BCUT2D eigenvalue weighted by molar-refractivity contribution is 7.53. The van der Waals surface area contributed by atoms with Crippen LogP contribution in [0.5, 0.6) is 5.75 Å². The van der Waals surface area contributed by atoms with Gasteiger partial charge in [-0.05, 0) is 54.6 Å². The van der Waals surface area contributed by atoms with Gasteiger partial charge in [0.15, 0.2) is 0 Å². The van der Waals surface area contributed by atoms with Crippen LogP contribution in [0.15, 0.2) is 35.7 Å². The van der Waals surface area contributed by atoms with E-state index in [4.69, 9.17) is 4.74 Å². The fourth-order valence-electron chi connectivity index (χ4n) is 3.26. The van der Waals surface area contributed by atoms with Gasteiger partial charge in [0.05, 0.1) is 24.8 Å². The Morgan fingerprint density at radius 3 is 2.52 bits per heavy atom. The number of hydrogen-bond acceptors (Lipinski definition) is 6. The molecular formula is C20H26FN2O4PS. The topological polar surface area (TPSA) is 59.1 Å². The zero-order valence-corrected chi connectivity index (χ0v) is 18.4. The molecule has 6 nitrogen and oxygen atoms in total. The zero-order chi connectivity index (χ0) is 20.9. The predicted molar refractivity (Wildman–Crippen MR) is 114 cm³/mol. The van der Waals surface area contributed by atoms with Crippen LogP contribution >= 0.6 is 19.0 Å². The maximum atomic E-state index is 13.7. The lowest BCUT2D eigenvalue weighted by molar-refractivity contribution is 0.0751. The van der Waals surface area contributed by atoms with Crippen LogP contribution < -0.4 is 9.64 Å². The van der Waals surface area contributed by atoms with Crippen LogP contribution in [0.3, 0.4) is 0 Å². The van der Waals surface area contributed by atoms with Crippen molar-refractivity contribution in [1.29, 1.82) is 0 Å². The van der Waals surface area contributed by atoms with E-state index in [9.17, 15) is 13.6 Å². The van der Waals surface area contributed by atoms with E-state index in [1.165, 1.54) is 11.3 Å². The van der Waals surface area contributed by atoms with E-state index in [0.29, 0.717) is 24.4 Å². The Kier molecular flexibility index (Phi) is 7.33. The van der Waals surface area contributed by atoms with E-state index >= 15 is 0 Å². The molecule has 29 heavy (non-hydrogen) atoms. The standard InChI is InChI=1S/C20H26FN2O4PS/c1-3-27-28(21,25)13-8-16-14-19(29-15-16)20(24)23-11-9-22(10-12-23)17-4-6-18(26-2)7-5-17/h4-7,14-15H,3,8-13H2,1-2H3. The van der Waals surface area contributed by atoms with E-state index in [1.807, 2.05) is 34.5 Å². The molecule has 9 heteroatoms. The average molecular weight is 440 g/mol. The molecule has 0 aliphatic carbocycles. The number of thiophene rings is 1. The highest BCUT2D eigenvalue weighted by Gasteiger charge is 2.25. The number of methoxy groups -OCH3 is 1. The van der Waals surface area contributed by atoms with Crippen molar-refractivity contribution in [3.63, 3.8) is 0 Å². The largest absolute Gasteiger partial charge is 0.497 e. The van der Waals surface area contributed by atoms with Gasteiger partial charge in [-0.2, -0.15) is 4.20 Å². The number of rotatable bonds is 8. The summed E-state index contributed by atoms with van der Waals surface area (Å²) in [4.78, 5) is 17.5. The maximum Gasteiger partial charge on any atom is 0.367 e. The Hall–Kier alpha value is -1.89. The number of anilines is 1. The van der Waals surface area contributed by atoms with Crippen molar-refractivity contribution in [1.82, 2.24) is 4.90 Å². The Morgan fingerprint density at radius 1 is 1.21 bits per heavy atom. The first-order valence-corrected chi connectivity index (χ1v) is 12.2. The van der Waals surface area contributed by atoms with Crippen LogP contribution in [0.2, 0.25) is 0 Å². The summed E-state index contributed by atoms with van der Waals surface area (Å²) in [6.07, 6.45) is 0.133. The van der Waals surface area contributed by atoms with Gasteiger partial charge < -0.3 is 19.1 Å². The third-order valence-corrected chi connectivity index (χ3v) is 7.23. The minimum atomic E-state index is -4.04. The molecule has 1 unspecified atom stereocenters. The van der Waals surface area contributed by atoms with Gasteiger partial charge in [-0.15, -0.1) is 11.3 Å². The number of benzene rings is 1. The lowest BCUT2D eigenvalue weighted by Crippen LogP contribution is -2.48. The van der Waals surface area contributed by atoms with E-state index in [2.05, 4.69) is 9.42 Å². The van der Waals surface area contributed by atoms with E-state index < -0.39 is 7.68 Å². The second-order valence-corrected chi connectivity index (χ2v) is 9.58. The lowest BCUT2D eigenvalue weighted by atomic mass is 10.2. The Morgan fingerprint density at radius 2 is 1.90 bits per heavy atom. The second-order valence-electron chi connectivity index (χ2n) is 6.78. The Bertz CT molecular complexity index is 866. The monoisotopic (exact) mass is 440 g/mol. The van der Waals surface area contributed by atoms with E-state index in [0.717, 1.165) is 30.1 Å². The molecule has 1 aliphatic rings. The number of amides is 1. The first-order valence-electron chi connectivity index (χ1n) is 9.61. The van der Waals surface area contributed by atoms with Gasteiger partial charge in [-0.3, -0.25) is 9.36 Å². The molecular weight excluding hydrogens is 414 g/mol. The summed E-state index contributed by atoms with van der Waals surface area (Å²) in [5, 5.41) is 1.83. The molecule has 0 radical (unpaired) electrons. The molecule has 3 rings (SSSR count). The smallest absolute Gasteiger partial charge is 0.367 e. The maximum absolute atomic E-state index is 13.7. The molecule has 2 heterocycles. The van der Waals surface area contributed by atoms with Gasteiger partial charge in [0.25, 0.3) is 5.91 Å². The quantitative estimate of drug-likeness (QED) is 0.568. The van der Waals surface area contributed by atoms with E-state index in [-0.39, 0.29) is 18.7 Å². The van der Waals surface area contributed by atoms with Crippen molar-refractivity contribution in [2.24, 2.45) is 0 Å². The van der Waals surface area contributed by atoms with Crippen molar-refractivity contribution in [3.05, 3.63) is 46.2 Å². The van der Waals surface area contributed by atoms with Gasteiger partial charge in [0, 0.05) is 31.9 Å². The average Bonchev–Trinajstić information content (AvgIpc) is 3.21. The number of halogens is 1. The highest BCUT2D eigenvalue weighted by Crippen LogP contribution is 2.48. The first-order chi connectivity index (χ1) is 13.9. The second kappa shape index (κ2) is 9.74. The fourth-order valence-corrected chi connectivity index (χ4v) is 5.21. The third-order valence-electron chi connectivity index (χ3n) is 4.86. The molecule has 0 saturated carbocycles. The number of carbonyl (C=O) groups excluding carboxylic acids is 1. The Labute approximate surface area is 174 Å². The number of aryl methyl sites for hydroxylation is 1. The van der Waals surface area contributed by atoms with Crippen LogP contribution in [0.1, 0.15) is 22.2 Å². The minimum Gasteiger partial charge on any atom is -0.497 e. The van der Waals surface area contributed by atoms with Crippen molar-refractivity contribution < 1.29 is 22.8 Å². The molecule has 158 valence electrons. The summed E-state index contributed by atoms with van der Waals surface area (Å²) >= 11 is 1.34. The third kappa shape index (κ3) is 5.81. The number of nitrogens with zero attached hydrogens (tertiary/aromatic N) is 2. The summed E-state index contributed by atoms with van der Waals surface area (Å²) < 4.78 is 35.1. The molecule has 1 saturated heterocycles. The van der Waals surface area contributed by atoms with Crippen molar-refractivity contribution in [2.45, 2.75) is 13.3 Å². The molecule has 1 amide bonds. The van der Waals surface area contributed by atoms with Gasteiger partial charge in [0.2, 0.25) is 0 Å². The fraction of sp³-hybridized carbons (Fsp3) is 0.450. The molecule has 2 aromatic rings. The molecule has 1 fully saturated rings. The number of carbonyl (C=O) groups is 1. The Balaban J connectivity index is 1.53. The van der Waals surface area contributed by atoms with Crippen molar-refractivity contribution in [2.75, 3.05) is 51.0 Å². The van der Waals surface area contributed by atoms with Crippen LogP contribution in [0.25, 0.3) is 0 Å². The summed E-state index contributed by atoms with van der Waals surface area (Å²) in [5.74, 6) is 0.810. The van der Waals surface area contributed by atoms with Crippen LogP contribution in [0, 0.1) is 0 Å². The van der Waals surface area contributed by atoms with E-state index in [1.54, 1.807) is 20.1 Å². The van der Waals surface area contributed by atoms with Gasteiger partial charge in [-0.25, -0.2) is 0 Å². The van der Waals surface area contributed by atoms with Gasteiger partial charge >= 0.3 is 7.68 Å². The summed E-state index contributed by atoms with van der Waals surface area (Å²) in [6.45, 7) is 4.50. The lowest BCUT2D eigenvalue weighted by Gasteiger charge is -2.36. The highest BCUT2D eigenvalue weighted by atomic mass is 32.1. The molecule has 0 bridgehead atoms. The van der Waals surface area contributed by atoms with Crippen LogP contribution in [-0.4, -0.2) is 56.9 Å². The summed E-state index contributed by atoms with van der Waals surface area (Å²) in [7, 11) is -2.40. The van der Waals surface area contributed by atoms with Crippen LogP contribution in [-0.2, 0) is 15.5 Å². The SMILES string of the molecule is CCOP(=O)(F)CCc1csc(C(=O)N2CCN(c3ccc(OC)cc3)CC2)c1. The molecule has 1 aromatic carbocycles. The molecule has 0 spiro atoms. The van der Waals surface area contributed by atoms with Gasteiger partial charge in [-0.1, -0.05) is 0 Å². The first kappa shape index (κ1) is 21.8. The minimum absolute atomic E-state index is 0.0103. The number of ether oxygens (including phenoxy) is 1. The summed E-state index contributed by atoms with van der Waals surface area (Å²) in [5.41, 5.74) is 1.93. The zero-order valence-electron chi connectivity index (χ0n) is 16.7. The predicted octanol–water partition coefficient (Wildman–Crippen LogP) is 4.46.